The van der Waals surface area contributed by atoms with Gasteiger partial charge in [0.1, 0.15) is 23.9 Å². The predicted molar refractivity (Wildman–Crippen MR) is 107 cm³/mol. The van der Waals surface area contributed by atoms with Crippen LogP contribution in [0.25, 0.3) is 5.65 Å². The number of fused-ring (bicyclic) bond motifs is 1. The number of ketones is 1. The molecule has 0 radical (unpaired) electrons. The van der Waals surface area contributed by atoms with Crippen LogP contribution in [0.4, 0.5) is 8.78 Å². The molecule has 0 saturated heterocycles. The first-order valence-corrected chi connectivity index (χ1v) is 9.50. The van der Waals surface area contributed by atoms with E-state index in [4.69, 9.17) is 15.7 Å². The highest BCUT2D eigenvalue weighted by molar-refractivity contribution is 5.97. The van der Waals surface area contributed by atoms with Gasteiger partial charge in [0.25, 0.3) is 0 Å². The molecule has 0 aliphatic rings. The number of carbonyl (C=O) groups excluding carboxylic acids is 1. The van der Waals surface area contributed by atoms with Gasteiger partial charge < -0.3 is 10.5 Å². The summed E-state index contributed by atoms with van der Waals surface area (Å²) >= 11 is 0. The summed E-state index contributed by atoms with van der Waals surface area (Å²) in [4.78, 5) is 17.4. The molecule has 2 heterocycles. The van der Waals surface area contributed by atoms with E-state index in [1.54, 1.807) is 23.6 Å². The topological polar surface area (TPSA) is 93.4 Å². The number of hydrogen-bond acceptors (Lipinski definition) is 5. The van der Waals surface area contributed by atoms with Crippen molar-refractivity contribution >= 4 is 11.4 Å². The van der Waals surface area contributed by atoms with Crippen LogP contribution < -0.4 is 10.5 Å². The maximum Gasteiger partial charge on any atom is 0.181 e. The summed E-state index contributed by atoms with van der Waals surface area (Å²) < 4.78 is 35.2. The van der Waals surface area contributed by atoms with Crippen molar-refractivity contribution in [3.63, 3.8) is 0 Å². The molecule has 156 valence electrons. The summed E-state index contributed by atoms with van der Waals surface area (Å²) in [6.45, 7) is 3.44. The van der Waals surface area contributed by atoms with Crippen molar-refractivity contribution in [1.29, 1.82) is 5.26 Å². The second kappa shape index (κ2) is 9.01. The summed E-state index contributed by atoms with van der Waals surface area (Å²) in [5.74, 6) is -1.50. The van der Waals surface area contributed by atoms with Gasteiger partial charge in [-0.15, -0.1) is 0 Å². The lowest BCUT2D eigenvalue weighted by Gasteiger charge is -2.12. The number of nitriles is 1. The summed E-state index contributed by atoms with van der Waals surface area (Å²) in [6, 6.07) is 7.37. The molecule has 1 aromatic carbocycles. The van der Waals surface area contributed by atoms with Gasteiger partial charge in [0.2, 0.25) is 0 Å². The van der Waals surface area contributed by atoms with E-state index in [2.05, 4.69) is 4.98 Å². The van der Waals surface area contributed by atoms with Gasteiger partial charge in [-0.05, 0) is 50.1 Å². The van der Waals surface area contributed by atoms with Crippen LogP contribution in [-0.4, -0.2) is 21.7 Å². The first-order valence-electron chi connectivity index (χ1n) is 9.50. The number of halogens is 2. The van der Waals surface area contributed by atoms with Crippen LogP contribution in [0.2, 0.25) is 0 Å². The molecule has 2 N–H and O–H groups in total. The number of carbonyl (C=O) groups is 1. The highest BCUT2D eigenvalue weighted by Crippen LogP contribution is 2.27. The Bertz CT molecular complexity index is 1110. The molecule has 0 fully saturated rings. The van der Waals surface area contributed by atoms with E-state index in [1.807, 2.05) is 13.0 Å². The van der Waals surface area contributed by atoms with Crippen molar-refractivity contribution in [2.24, 2.45) is 11.7 Å². The van der Waals surface area contributed by atoms with Crippen LogP contribution in [0.5, 0.6) is 5.75 Å². The fourth-order valence-corrected chi connectivity index (χ4v) is 3.35. The van der Waals surface area contributed by atoms with Gasteiger partial charge >= 0.3 is 0 Å². The van der Waals surface area contributed by atoms with Gasteiger partial charge in [0.15, 0.2) is 17.2 Å². The number of rotatable bonds is 8. The van der Waals surface area contributed by atoms with Crippen molar-refractivity contribution in [3.05, 3.63) is 64.6 Å². The van der Waals surface area contributed by atoms with Gasteiger partial charge in [0, 0.05) is 19.0 Å². The average molecular weight is 412 g/mol. The smallest absolute Gasteiger partial charge is 0.181 e. The molecule has 3 rings (SSSR count). The second-order valence-electron chi connectivity index (χ2n) is 7.20. The molecule has 2 aromatic heterocycles. The van der Waals surface area contributed by atoms with Crippen LogP contribution >= 0.6 is 0 Å². The molecular weight excluding hydrogens is 390 g/mol. The maximum absolute atomic E-state index is 13.9. The van der Waals surface area contributed by atoms with E-state index in [0.717, 1.165) is 5.56 Å². The molecule has 0 amide bonds. The molecule has 30 heavy (non-hydrogen) atoms. The Labute approximate surface area is 172 Å². The lowest BCUT2D eigenvalue weighted by molar-refractivity contribution is 0.0956. The van der Waals surface area contributed by atoms with E-state index in [1.165, 1.54) is 18.2 Å². The van der Waals surface area contributed by atoms with Crippen molar-refractivity contribution in [2.45, 2.75) is 33.3 Å². The molecule has 3 aromatic rings. The highest BCUT2D eigenvalue weighted by atomic mass is 19.1. The summed E-state index contributed by atoms with van der Waals surface area (Å²) in [5.41, 5.74) is 7.53. The lowest BCUT2D eigenvalue weighted by atomic mass is 9.98. The Morgan fingerprint density at radius 3 is 2.67 bits per heavy atom. The monoisotopic (exact) mass is 412 g/mol. The number of benzene rings is 1. The van der Waals surface area contributed by atoms with Gasteiger partial charge in [-0.2, -0.15) is 5.26 Å². The van der Waals surface area contributed by atoms with Crippen LogP contribution in [-0.2, 0) is 6.61 Å². The highest BCUT2D eigenvalue weighted by Gasteiger charge is 2.22. The molecule has 0 spiro atoms. The largest absolute Gasteiger partial charge is 0.485 e. The number of nitrogens with zero attached hydrogens (tertiary/aromatic N) is 3. The number of nitrogens with two attached hydrogens (primary N) is 1. The molecule has 0 bridgehead atoms. The Morgan fingerprint density at radius 1 is 1.33 bits per heavy atom. The SMILES string of the molecule is Cc1cc(OCc2c(F)cccc2F)c2nc(C)c(C(=O)CC(CN)CC#N)n2c1. The van der Waals surface area contributed by atoms with Crippen molar-refractivity contribution < 1.29 is 18.3 Å². The zero-order valence-electron chi connectivity index (χ0n) is 16.8. The van der Waals surface area contributed by atoms with Crippen molar-refractivity contribution in [3.8, 4) is 11.8 Å². The minimum absolute atomic E-state index is 0.128. The normalized spacial score (nSPS) is 12.0. The lowest BCUT2D eigenvalue weighted by Crippen LogP contribution is -2.19. The summed E-state index contributed by atoms with van der Waals surface area (Å²) in [5, 5.41) is 8.90. The third-order valence-corrected chi connectivity index (χ3v) is 4.88. The number of aryl methyl sites for hydroxylation is 2. The van der Waals surface area contributed by atoms with E-state index >= 15 is 0 Å². The molecule has 0 saturated carbocycles. The molecule has 0 aliphatic heterocycles. The fourth-order valence-electron chi connectivity index (χ4n) is 3.35. The first kappa shape index (κ1) is 21.4. The van der Waals surface area contributed by atoms with Crippen molar-refractivity contribution in [1.82, 2.24) is 9.38 Å². The van der Waals surface area contributed by atoms with Crippen LogP contribution in [0.15, 0.2) is 30.5 Å². The van der Waals surface area contributed by atoms with E-state index in [0.29, 0.717) is 22.8 Å². The third-order valence-electron chi connectivity index (χ3n) is 4.88. The maximum atomic E-state index is 13.9. The minimum Gasteiger partial charge on any atom is -0.485 e. The molecule has 1 atom stereocenters. The Kier molecular flexibility index (Phi) is 6.43. The third kappa shape index (κ3) is 4.31. The minimum atomic E-state index is -0.695. The zero-order chi connectivity index (χ0) is 21.8. The van der Waals surface area contributed by atoms with Gasteiger partial charge in [-0.25, -0.2) is 13.8 Å². The molecular formula is C22H22F2N4O2. The molecule has 1 unspecified atom stereocenters. The number of pyridine rings is 1. The number of Topliss-reactive ketones (excluding diaryl/α,β-unsaturated/α-hetero) is 1. The van der Waals surface area contributed by atoms with Crippen LogP contribution in [0, 0.1) is 42.7 Å². The van der Waals surface area contributed by atoms with E-state index in [9.17, 15) is 13.6 Å². The van der Waals surface area contributed by atoms with E-state index < -0.39 is 11.6 Å². The fraction of sp³-hybridized carbons (Fsp3) is 0.318. The molecule has 0 aliphatic carbocycles. The summed E-state index contributed by atoms with van der Waals surface area (Å²) in [6.07, 6.45) is 2.07. The molecule has 8 heteroatoms. The van der Waals surface area contributed by atoms with E-state index in [-0.39, 0.29) is 43.3 Å². The number of aromatic nitrogens is 2. The van der Waals surface area contributed by atoms with Crippen molar-refractivity contribution in [2.75, 3.05) is 6.54 Å². The summed E-state index contributed by atoms with van der Waals surface area (Å²) in [7, 11) is 0. The zero-order valence-corrected chi connectivity index (χ0v) is 16.8. The predicted octanol–water partition coefficient (Wildman–Crippen LogP) is 3.87. The Hall–Kier alpha value is -3.31. The first-order chi connectivity index (χ1) is 14.3. The standard InChI is InChI=1S/C22H22F2N4O2/c1-13-8-20(30-12-16-17(23)4-3-5-18(16)24)22-27-14(2)21(28(22)11-13)19(29)9-15(10-26)6-7-25/h3-5,8,11,15H,6,9-10,12,26H2,1-2H3. The molecule has 6 nitrogen and oxygen atoms in total. The van der Waals surface area contributed by atoms with Gasteiger partial charge in [-0.1, -0.05) is 6.07 Å². The van der Waals surface area contributed by atoms with Gasteiger partial charge in [-0.3, -0.25) is 9.20 Å². The number of imidazole rings is 1. The van der Waals surface area contributed by atoms with Crippen LogP contribution in [0.3, 0.4) is 0 Å². The van der Waals surface area contributed by atoms with Gasteiger partial charge in [0.05, 0.1) is 17.3 Å². The number of ether oxygens (including phenoxy) is 1. The Balaban J connectivity index is 1.96. The average Bonchev–Trinajstić information content (AvgIpc) is 3.02. The quantitative estimate of drug-likeness (QED) is 0.567. The Morgan fingerprint density at radius 2 is 2.03 bits per heavy atom. The number of hydrogen-bond donors (Lipinski definition) is 1. The van der Waals surface area contributed by atoms with Crippen LogP contribution in [0.1, 0.15) is 40.2 Å². The second-order valence-corrected chi connectivity index (χ2v) is 7.20.